The molecule has 0 bridgehead atoms. The number of guanidine groups is 1. The van der Waals surface area contributed by atoms with Crippen molar-refractivity contribution in [2.75, 3.05) is 26.2 Å². The van der Waals surface area contributed by atoms with Crippen LogP contribution in [0.4, 0.5) is 8.78 Å². The normalized spacial score (nSPS) is 16.4. The van der Waals surface area contributed by atoms with Gasteiger partial charge in [0, 0.05) is 42.8 Å². The maximum atomic E-state index is 12.6. The smallest absolute Gasteiger partial charge is 0.387 e. The number of rotatable bonds is 8. The fraction of sp³-hybridized carbons (Fsp3) is 0.526. The first-order chi connectivity index (χ1) is 13.0. The topological polar surface area (TPSA) is 48.9 Å². The zero-order chi connectivity index (χ0) is 19.6. The largest absolute Gasteiger partial charge is 0.434 e. The number of benzene rings is 1. The molecule has 8 heteroatoms. The van der Waals surface area contributed by atoms with Gasteiger partial charge in [-0.05, 0) is 38.0 Å². The Kier molecular flexibility index (Phi) is 8.81. The number of likely N-dealkylation sites (tertiary alicyclic amines) is 1. The number of ether oxygens (including phenoxy) is 1. The second-order valence-electron chi connectivity index (χ2n) is 6.33. The molecule has 1 aromatic rings. The summed E-state index contributed by atoms with van der Waals surface area (Å²) >= 11 is 5.99. The van der Waals surface area contributed by atoms with E-state index in [0.29, 0.717) is 29.1 Å². The van der Waals surface area contributed by atoms with Gasteiger partial charge in [0.25, 0.3) is 0 Å². The summed E-state index contributed by atoms with van der Waals surface area (Å²) in [4.78, 5) is 6.88. The summed E-state index contributed by atoms with van der Waals surface area (Å²) in [6.45, 7) is 6.68. The molecule has 0 aromatic heterocycles. The lowest BCUT2D eigenvalue weighted by molar-refractivity contribution is -0.0504. The van der Waals surface area contributed by atoms with Crippen molar-refractivity contribution >= 4 is 17.6 Å². The molecule has 0 aliphatic carbocycles. The van der Waals surface area contributed by atoms with Crippen molar-refractivity contribution in [1.82, 2.24) is 15.5 Å². The third kappa shape index (κ3) is 7.34. The first kappa shape index (κ1) is 21.4. The Labute approximate surface area is 164 Å². The van der Waals surface area contributed by atoms with Crippen LogP contribution in [0.15, 0.2) is 35.8 Å². The third-order valence-corrected chi connectivity index (χ3v) is 4.54. The molecule has 1 aromatic carbocycles. The molecule has 2 rings (SSSR count). The molecule has 1 saturated heterocycles. The highest BCUT2D eigenvalue weighted by molar-refractivity contribution is 6.30. The van der Waals surface area contributed by atoms with E-state index in [2.05, 4.69) is 31.8 Å². The van der Waals surface area contributed by atoms with Crippen molar-refractivity contribution in [3.63, 3.8) is 0 Å². The zero-order valence-electron chi connectivity index (χ0n) is 15.6. The van der Waals surface area contributed by atoms with E-state index in [4.69, 9.17) is 11.6 Å². The van der Waals surface area contributed by atoms with Crippen LogP contribution >= 0.6 is 11.6 Å². The first-order valence-electron chi connectivity index (χ1n) is 9.13. The summed E-state index contributed by atoms with van der Waals surface area (Å²) < 4.78 is 29.7. The molecule has 1 aliphatic rings. The van der Waals surface area contributed by atoms with E-state index < -0.39 is 6.61 Å². The highest BCUT2D eigenvalue weighted by Gasteiger charge is 2.19. The second kappa shape index (κ2) is 11.1. The molecule has 2 N–H and O–H groups in total. The highest BCUT2D eigenvalue weighted by Crippen LogP contribution is 2.25. The minimum absolute atomic E-state index is 0.0896. The van der Waals surface area contributed by atoms with Crippen molar-refractivity contribution in [2.24, 2.45) is 4.99 Å². The number of piperidine rings is 1. The lowest BCUT2D eigenvalue weighted by atomic mass is 10.1. The molecule has 0 radical (unpaired) electrons. The SMILES string of the molecule is C=CCN1CCC(NC(=NCc2cc(Cl)ccc2OC(F)F)NCC)CC1. The molecule has 1 aliphatic heterocycles. The number of hydrogen-bond acceptors (Lipinski definition) is 3. The van der Waals surface area contributed by atoms with Gasteiger partial charge in [-0.1, -0.05) is 17.7 Å². The van der Waals surface area contributed by atoms with E-state index in [1.54, 1.807) is 6.07 Å². The summed E-state index contributed by atoms with van der Waals surface area (Å²) in [5.74, 6) is 0.745. The molecule has 0 unspecified atom stereocenters. The Hall–Kier alpha value is -1.86. The molecule has 1 heterocycles. The van der Waals surface area contributed by atoms with Crippen LogP contribution in [0, 0.1) is 0 Å². The van der Waals surface area contributed by atoms with Gasteiger partial charge < -0.3 is 15.4 Å². The van der Waals surface area contributed by atoms with Gasteiger partial charge in [-0.15, -0.1) is 6.58 Å². The van der Waals surface area contributed by atoms with Gasteiger partial charge in [0.2, 0.25) is 0 Å². The lowest BCUT2D eigenvalue weighted by Gasteiger charge is -2.32. The maximum Gasteiger partial charge on any atom is 0.387 e. The third-order valence-electron chi connectivity index (χ3n) is 4.31. The fourth-order valence-corrected chi connectivity index (χ4v) is 3.20. The summed E-state index contributed by atoms with van der Waals surface area (Å²) in [6, 6.07) is 4.88. The number of hydrogen-bond donors (Lipinski definition) is 2. The Morgan fingerprint density at radius 1 is 1.44 bits per heavy atom. The first-order valence-corrected chi connectivity index (χ1v) is 9.51. The average molecular weight is 401 g/mol. The molecule has 1 fully saturated rings. The van der Waals surface area contributed by atoms with Gasteiger partial charge in [0.1, 0.15) is 5.75 Å². The summed E-state index contributed by atoms with van der Waals surface area (Å²) in [5.41, 5.74) is 0.515. The molecular weight excluding hydrogens is 374 g/mol. The van der Waals surface area contributed by atoms with Crippen molar-refractivity contribution in [3.05, 3.63) is 41.4 Å². The van der Waals surface area contributed by atoms with E-state index in [-0.39, 0.29) is 12.3 Å². The van der Waals surface area contributed by atoms with Gasteiger partial charge in [-0.25, -0.2) is 4.99 Å². The quantitative estimate of drug-likeness (QED) is 0.397. The maximum absolute atomic E-state index is 12.6. The zero-order valence-corrected chi connectivity index (χ0v) is 16.3. The van der Waals surface area contributed by atoms with Gasteiger partial charge in [-0.3, -0.25) is 4.90 Å². The van der Waals surface area contributed by atoms with Gasteiger partial charge in [-0.2, -0.15) is 8.78 Å². The van der Waals surface area contributed by atoms with Crippen LogP contribution in [0.5, 0.6) is 5.75 Å². The Bertz CT molecular complexity index is 634. The minimum Gasteiger partial charge on any atom is -0.434 e. The Balaban J connectivity index is 2.01. The predicted molar refractivity (Wildman–Crippen MR) is 106 cm³/mol. The van der Waals surface area contributed by atoms with Crippen LogP contribution in [-0.4, -0.2) is 49.7 Å². The summed E-state index contributed by atoms with van der Waals surface area (Å²) in [7, 11) is 0. The lowest BCUT2D eigenvalue weighted by Crippen LogP contribution is -2.48. The van der Waals surface area contributed by atoms with Crippen LogP contribution in [0.25, 0.3) is 0 Å². The standard InChI is InChI=1S/C19H27ClF2N4O/c1-3-9-26-10-7-16(8-11-26)25-19(23-4-2)24-13-14-12-15(20)5-6-17(14)27-18(21)22/h3,5-6,12,16,18H,1,4,7-11,13H2,2H3,(H2,23,24,25). The van der Waals surface area contributed by atoms with Crippen LogP contribution in [0.2, 0.25) is 5.02 Å². The summed E-state index contributed by atoms with van der Waals surface area (Å²) in [6.07, 6.45) is 3.94. The molecular formula is C19H27ClF2N4O. The van der Waals surface area contributed by atoms with E-state index in [9.17, 15) is 8.78 Å². The van der Waals surface area contributed by atoms with E-state index >= 15 is 0 Å². The number of nitrogens with zero attached hydrogens (tertiary/aromatic N) is 2. The minimum atomic E-state index is -2.89. The van der Waals surface area contributed by atoms with Crippen LogP contribution in [0.3, 0.4) is 0 Å². The fourth-order valence-electron chi connectivity index (χ4n) is 3.00. The van der Waals surface area contributed by atoms with Crippen molar-refractivity contribution in [3.8, 4) is 5.75 Å². The molecule has 150 valence electrons. The molecule has 27 heavy (non-hydrogen) atoms. The summed E-state index contributed by atoms with van der Waals surface area (Å²) in [5, 5.41) is 7.08. The average Bonchev–Trinajstić information content (AvgIpc) is 2.63. The number of alkyl halides is 2. The van der Waals surface area contributed by atoms with Crippen molar-refractivity contribution in [1.29, 1.82) is 0 Å². The highest BCUT2D eigenvalue weighted by atomic mass is 35.5. The van der Waals surface area contributed by atoms with Crippen LogP contribution in [0.1, 0.15) is 25.3 Å². The predicted octanol–water partition coefficient (Wildman–Crippen LogP) is 3.65. The van der Waals surface area contributed by atoms with Crippen molar-refractivity contribution < 1.29 is 13.5 Å². The van der Waals surface area contributed by atoms with Gasteiger partial charge in [0.15, 0.2) is 5.96 Å². The van der Waals surface area contributed by atoms with E-state index in [1.165, 1.54) is 12.1 Å². The van der Waals surface area contributed by atoms with Gasteiger partial charge in [0.05, 0.1) is 6.54 Å². The molecule has 5 nitrogen and oxygen atoms in total. The molecule has 0 saturated carbocycles. The second-order valence-corrected chi connectivity index (χ2v) is 6.77. The molecule has 0 amide bonds. The number of aliphatic imine (C=N–C) groups is 1. The Morgan fingerprint density at radius 2 is 2.19 bits per heavy atom. The van der Waals surface area contributed by atoms with E-state index in [0.717, 1.165) is 32.5 Å². The van der Waals surface area contributed by atoms with Crippen LogP contribution < -0.4 is 15.4 Å². The van der Waals surface area contributed by atoms with Crippen molar-refractivity contribution in [2.45, 2.75) is 39.0 Å². The molecule has 0 atom stereocenters. The van der Waals surface area contributed by atoms with Crippen LogP contribution in [-0.2, 0) is 6.54 Å². The van der Waals surface area contributed by atoms with Gasteiger partial charge >= 0.3 is 6.61 Å². The Morgan fingerprint density at radius 3 is 2.81 bits per heavy atom. The molecule has 0 spiro atoms. The monoisotopic (exact) mass is 400 g/mol. The number of nitrogens with one attached hydrogen (secondary N) is 2. The van der Waals surface area contributed by atoms with E-state index in [1.807, 2.05) is 13.0 Å². The number of halogens is 3.